The van der Waals surface area contributed by atoms with Crippen LogP contribution >= 0.6 is 23.2 Å². The van der Waals surface area contributed by atoms with E-state index in [1.54, 1.807) is 25.1 Å². The first-order valence-electron chi connectivity index (χ1n) is 6.08. The number of hydrogen-bond acceptors (Lipinski definition) is 3. The van der Waals surface area contributed by atoms with E-state index in [0.29, 0.717) is 23.7 Å². The molecule has 5 nitrogen and oxygen atoms in total. The minimum absolute atomic E-state index is 0.232. The molecular weight excluding hydrogens is 303 g/mol. The van der Waals surface area contributed by atoms with Crippen LogP contribution in [0.1, 0.15) is 19.8 Å². The molecule has 1 aromatic carbocycles. The van der Waals surface area contributed by atoms with E-state index in [1.165, 1.54) is 0 Å². The highest BCUT2D eigenvalue weighted by molar-refractivity contribution is 6.42. The van der Waals surface area contributed by atoms with Crippen LogP contribution in [0.2, 0.25) is 10.0 Å². The summed E-state index contributed by atoms with van der Waals surface area (Å²) in [5, 5.41) is 3.27. The molecule has 3 N–H and O–H groups in total. The number of amides is 2. The van der Waals surface area contributed by atoms with Crippen molar-refractivity contribution in [1.29, 1.82) is 0 Å². The largest absolute Gasteiger partial charge is 0.479 e. The van der Waals surface area contributed by atoms with Crippen molar-refractivity contribution < 1.29 is 14.3 Å². The van der Waals surface area contributed by atoms with E-state index in [-0.39, 0.29) is 17.4 Å². The van der Waals surface area contributed by atoms with Gasteiger partial charge >= 0.3 is 0 Å². The second-order valence-corrected chi connectivity index (χ2v) is 4.96. The molecule has 7 heteroatoms. The van der Waals surface area contributed by atoms with Crippen molar-refractivity contribution in [2.24, 2.45) is 5.73 Å². The maximum absolute atomic E-state index is 11.8. The van der Waals surface area contributed by atoms with Gasteiger partial charge in [0.15, 0.2) is 6.10 Å². The highest BCUT2D eigenvalue weighted by Crippen LogP contribution is 2.31. The Balaban J connectivity index is 2.45. The van der Waals surface area contributed by atoms with E-state index >= 15 is 0 Å². The molecule has 1 rings (SSSR count). The predicted octanol–water partition coefficient (Wildman–Crippen LogP) is 2.14. The Hall–Kier alpha value is -1.46. The van der Waals surface area contributed by atoms with Crippen LogP contribution in [0.25, 0.3) is 0 Å². The molecule has 1 aromatic rings. The normalized spacial score (nSPS) is 11.8. The Morgan fingerprint density at radius 2 is 2.10 bits per heavy atom. The van der Waals surface area contributed by atoms with Gasteiger partial charge in [-0.25, -0.2) is 0 Å². The highest BCUT2D eigenvalue weighted by Gasteiger charge is 2.16. The topological polar surface area (TPSA) is 81.4 Å². The van der Waals surface area contributed by atoms with Gasteiger partial charge in [0.1, 0.15) is 10.8 Å². The number of nitrogens with one attached hydrogen (secondary N) is 1. The van der Waals surface area contributed by atoms with Crippen LogP contribution in [0.5, 0.6) is 5.75 Å². The number of carbonyl (C=O) groups excluding carboxylic acids is 2. The minimum Gasteiger partial charge on any atom is -0.479 e. The zero-order chi connectivity index (χ0) is 15.1. The summed E-state index contributed by atoms with van der Waals surface area (Å²) in [6.45, 7) is 1.96. The summed E-state index contributed by atoms with van der Waals surface area (Å²) in [6.07, 6.45) is 0.000922. The Morgan fingerprint density at radius 1 is 1.40 bits per heavy atom. The number of hydrogen-bond donors (Lipinski definition) is 2. The quantitative estimate of drug-likeness (QED) is 0.756. The first-order valence-corrected chi connectivity index (χ1v) is 6.84. The summed E-state index contributed by atoms with van der Waals surface area (Å²) in [7, 11) is 0. The zero-order valence-corrected chi connectivity index (χ0v) is 12.5. The fourth-order valence-electron chi connectivity index (χ4n) is 1.44. The Bertz CT molecular complexity index is 495. The average molecular weight is 319 g/mol. The van der Waals surface area contributed by atoms with Gasteiger partial charge in [-0.15, -0.1) is 0 Å². The van der Waals surface area contributed by atoms with Crippen LogP contribution in [0, 0.1) is 0 Å². The fraction of sp³-hybridized carbons (Fsp3) is 0.385. The minimum atomic E-state index is -0.723. The molecule has 0 heterocycles. The molecule has 0 bridgehead atoms. The van der Waals surface area contributed by atoms with E-state index in [9.17, 15) is 9.59 Å². The molecule has 0 radical (unpaired) electrons. The number of rotatable bonds is 7. The third kappa shape index (κ3) is 5.27. The summed E-state index contributed by atoms with van der Waals surface area (Å²) < 4.78 is 5.45. The SMILES string of the molecule is C[C@@H](Oc1cccc(Cl)c1Cl)C(=O)NCCCC(N)=O. The van der Waals surface area contributed by atoms with Gasteiger partial charge in [-0.3, -0.25) is 9.59 Å². The van der Waals surface area contributed by atoms with Crippen LogP contribution in [0.3, 0.4) is 0 Å². The molecule has 0 fully saturated rings. The third-order valence-electron chi connectivity index (χ3n) is 2.49. The first-order chi connectivity index (χ1) is 9.41. The van der Waals surface area contributed by atoms with Crippen LogP contribution < -0.4 is 15.8 Å². The molecule has 1 atom stereocenters. The van der Waals surface area contributed by atoms with Crippen molar-refractivity contribution in [2.45, 2.75) is 25.9 Å². The Morgan fingerprint density at radius 3 is 2.75 bits per heavy atom. The summed E-state index contributed by atoms with van der Waals surface area (Å²) in [6, 6.07) is 4.94. The lowest BCUT2D eigenvalue weighted by Gasteiger charge is -2.15. The number of ether oxygens (including phenoxy) is 1. The number of nitrogens with two attached hydrogens (primary N) is 1. The molecule has 0 saturated heterocycles. The van der Waals surface area contributed by atoms with Gasteiger partial charge in [-0.1, -0.05) is 29.3 Å². The van der Waals surface area contributed by atoms with E-state index in [4.69, 9.17) is 33.7 Å². The summed E-state index contributed by atoms with van der Waals surface area (Å²) >= 11 is 11.8. The van der Waals surface area contributed by atoms with Gasteiger partial charge in [0.05, 0.1) is 5.02 Å². The van der Waals surface area contributed by atoms with Gasteiger partial charge in [0.25, 0.3) is 5.91 Å². The van der Waals surface area contributed by atoms with E-state index < -0.39 is 12.0 Å². The molecule has 0 aromatic heterocycles. The second-order valence-electron chi connectivity index (χ2n) is 4.17. The molecule has 0 saturated carbocycles. The Kier molecular flexibility index (Phi) is 6.61. The van der Waals surface area contributed by atoms with E-state index in [1.807, 2.05) is 0 Å². The number of halogens is 2. The first kappa shape index (κ1) is 16.6. The molecular formula is C13H16Cl2N2O3. The van der Waals surface area contributed by atoms with Gasteiger partial charge in [-0.2, -0.15) is 0 Å². The smallest absolute Gasteiger partial charge is 0.260 e. The molecule has 2 amide bonds. The summed E-state index contributed by atoms with van der Waals surface area (Å²) in [5.41, 5.74) is 5.00. The van der Waals surface area contributed by atoms with E-state index in [2.05, 4.69) is 5.32 Å². The van der Waals surface area contributed by atoms with Crippen molar-refractivity contribution in [3.8, 4) is 5.75 Å². The second kappa shape index (κ2) is 7.97. The van der Waals surface area contributed by atoms with Gasteiger partial charge < -0.3 is 15.8 Å². The van der Waals surface area contributed by atoms with Gasteiger partial charge in [0.2, 0.25) is 5.91 Å². The molecule has 0 aliphatic carbocycles. The number of benzene rings is 1. The highest BCUT2D eigenvalue weighted by atomic mass is 35.5. The van der Waals surface area contributed by atoms with Gasteiger partial charge in [0, 0.05) is 13.0 Å². The van der Waals surface area contributed by atoms with Crippen molar-refractivity contribution in [3.63, 3.8) is 0 Å². The lowest BCUT2D eigenvalue weighted by atomic mass is 10.3. The molecule has 0 spiro atoms. The molecule has 20 heavy (non-hydrogen) atoms. The molecule has 0 aliphatic heterocycles. The van der Waals surface area contributed by atoms with E-state index in [0.717, 1.165) is 0 Å². The average Bonchev–Trinajstić information content (AvgIpc) is 2.39. The zero-order valence-electron chi connectivity index (χ0n) is 11.0. The van der Waals surface area contributed by atoms with Crippen molar-refractivity contribution in [1.82, 2.24) is 5.32 Å². The van der Waals surface area contributed by atoms with Crippen LogP contribution in [0.4, 0.5) is 0 Å². The number of primary amides is 1. The predicted molar refractivity (Wildman–Crippen MR) is 78.0 cm³/mol. The standard InChI is InChI=1S/C13H16Cl2N2O3/c1-8(13(19)17-7-3-6-11(16)18)20-10-5-2-4-9(14)12(10)15/h2,4-5,8H,3,6-7H2,1H3,(H2,16,18)(H,17,19)/t8-/m1/s1. The lowest BCUT2D eigenvalue weighted by Crippen LogP contribution is -2.37. The number of carbonyl (C=O) groups is 2. The Labute approximate surface area is 127 Å². The maximum atomic E-state index is 11.8. The van der Waals surface area contributed by atoms with Gasteiger partial charge in [-0.05, 0) is 25.5 Å². The summed E-state index contributed by atoms with van der Waals surface area (Å²) in [4.78, 5) is 22.3. The molecule has 0 aliphatic rings. The van der Waals surface area contributed by atoms with Crippen LogP contribution in [-0.2, 0) is 9.59 Å². The van der Waals surface area contributed by atoms with Crippen molar-refractivity contribution >= 4 is 35.0 Å². The third-order valence-corrected chi connectivity index (χ3v) is 3.29. The molecule has 110 valence electrons. The van der Waals surface area contributed by atoms with Crippen LogP contribution in [-0.4, -0.2) is 24.5 Å². The summed E-state index contributed by atoms with van der Waals surface area (Å²) in [5.74, 6) is -0.348. The van der Waals surface area contributed by atoms with Crippen molar-refractivity contribution in [2.75, 3.05) is 6.54 Å². The lowest BCUT2D eigenvalue weighted by molar-refractivity contribution is -0.127. The monoisotopic (exact) mass is 318 g/mol. The fourth-order valence-corrected chi connectivity index (χ4v) is 1.77. The van der Waals surface area contributed by atoms with Crippen molar-refractivity contribution in [3.05, 3.63) is 28.2 Å². The van der Waals surface area contributed by atoms with Crippen LogP contribution in [0.15, 0.2) is 18.2 Å². The molecule has 0 unspecified atom stereocenters. The maximum Gasteiger partial charge on any atom is 0.260 e.